The number of hydrogen-bond acceptors (Lipinski definition) is 1. The summed E-state index contributed by atoms with van der Waals surface area (Å²) in [6.45, 7) is 3.54. The van der Waals surface area contributed by atoms with Gasteiger partial charge in [0.05, 0.1) is 4.47 Å². The maximum Gasteiger partial charge on any atom is 0.140 e. The first-order valence-corrected chi connectivity index (χ1v) is 5.01. The zero-order valence-corrected chi connectivity index (χ0v) is 9.66. The number of nitrogens with two attached hydrogens (primary N) is 1. The van der Waals surface area contributed by atoms with Crippen molar-refractivity contribution >= 4 is 15.9 Å². The van der Waals surface area contributed by atoms with E-state index in [1.165, 1.54) is 6.07 Å². The van der Waals surface area contributed by atoms with Crippen molar-refractivity contribution in [2.24, 2.45) is 5.73 Å². The maximum absolute atomic E-state index is 13.4. The van der Waals surface area contributed by atoms with Gasteiger partial charge in [0, 0.05) is 5.54 Å². The zero-order chi connectivity index (χ0) is 10.9. The molecule has 0 saturated heterocycles. The monoisotopic (exact) mass is 263 g/mol. The summed E-state index contributed by atoms with van der Waals surface area (Å²) in [7, 11) is 0. The van der Waals surface area contributed by atoms with Gasteiger partial charge in [-0.3, -0.25) is 0 Å². The van der Waals surface area contributed by atoms with Gasteiger partial charge in [0.2, 0.25) is 0 Å². The smallest absolute Gasteiger partial charge is 0.140 e. The summed E-state index contributed by atoms with van der Waals surface area (Å²) in [6, 6.07) is 2.27. The van der Waals surface area contributed by atoms with Crippen molar-refractivity contribution < 1.29 is 8.78 Å². The van der Waals surface area contributed by atoms with E-state index >= 15 is 0 Å². The molecule has 0 spiro atoms. The largest absolute Gasteiger partial charge is 0.325 e. The third-order valence-corrected chi connectivity index (χ3v) is 2.29. The lowest BCUT2D eigenvalue weighted by Crippen LogP contribution is -2.34. The fraction of sp³-hybridized carbons (Fsp3) is 0.400. The van der Waals surface area contributed by atoms with Crippen LogP contribution in [0.1, 0.15) is 19.4 Å². The Labute approximate surface area is 90.4 Å². The molecule has 78 valence electrons. The molecule has 0 fully saturated rings. The molecule has 0 saturated carbocycles. The fourth-order valence-corrected chi connectivity index (χ4v) is 1.70. The molecule has 0 heterocycles. The Hall–Kier alpha value is -0.480. The Bertz CT molecular complexity index is 345. The number of rotatable bonds is 2. The van der Waals surface area contributed by atoms with Crippen molar-refractivity contribution in [3.05, 3.63) is 33.8 Å². The van der Waals surface area contributed by atoms with E-state index in [0.29, 0.717) is 12.0 Å². The van der Waals surface area contributed by atoms with Crippen molar-refractivity contribution in [3.8, 4) is 0 Å². The molecule has 1 rings (SSSR count). The minimum absolute atomic E-state index is 0.136. The summed E-state index contributed by atoms with van der Waals surface area (Å²) < 4.78 is 26.5. The molecule has 0 radical (unpaired) electrons. The van der Waals surface area contributed by atoms with Crippen molar-refractivity contribution in [1.82, 2.24) is 0 Å². The van der Waals surface area contributed by atoms with Crippen LogP contribution in [-0.4, -0.2) is 5.54 Å². The zero-order valence-electron chi connectivity index (χ0n) is 8.07. The second kappa shape index (κ2) is 3.95. The van der Waals surface area contributed by atoms with Gasteiger partial charge in [0.1, 0.15) is 11.6 Å². The molecule has 0 aliphatic carbocycles. The molecular weight excluding hydrogens is 252 g/mol. The van der Waals surface area contributed by atoms with E-state index in [4.69, 9.17) is 5.73 Å². The molecule has 0 unspecified atom stereocenters. The third kappa shape index (κ3) is 3.03. The molecule has 1 aromatic rings. The van der Waals surface area contributed by atoms with Crippen LogP contribution >= 0.6 is 15.9 Å². The average molecular weight is 264 g/mol. The Morgan fingerprint density at radius 3 is 2.43 bits per heavy atom. The quantitative estimate of drug-likeness (QED) is 0.816. The minimum atomic E-state index is -0.548. The van der Waals surface area contributed by atoms with E-state index in [1.54, 1.807) is 13.8 Å². The minimum Gasteiger partial charge on any atom is -0.325 e. The number of benzene rings is 1. The first-order valence-electron chi connectivity index (χ1n) is 4.22. The predicted octanol–water partition coefficient (Wildman–Crippen LogP) is 3.01. The highest BCUT2D eigenvalue weighted by atomic mass is 79.9. The van der Waals surface area contributed by atoms with E-state index in [-0.39, 0.29) is 4.47 Å². The summed E-state index contributed by atoms with van der Waals surface area (Å²) >= 11 is 2.95. The van der Waals surface area contributed by atoms with E-state index in [1.807, 2.05) is 0 Å². The first-order chi connectivity index (χ1) is 6.29. The molecule has 0 atom stereocenters. The normalized spacial score (nSPS) is 11.9. The second-order valence-corrected chi connectivity index (χ2v) is 4.88. The van der Waals surface area contributed by atoms with Crippen LogP contribution in [0.2, 0.25) is 0 Å². The van der Waals surface area contributed by atoms with Crippen LogP contribution in [-0.2, 0) is 6.42 Å². The van der Waals surface area contributed by atoms with Crippen LogP contribution < -0.4 is 5.73 Å². The summed E-state index contributed by atoms with van der Waals surface area (Å²) in [5.74, 6) is -0.901. The third-order valence-electron chi connectivity index (χ3n) is 1.71. The number of halogens is 3. The highest BCUT2D eigenvalue weighted by Gasteiger charge is 2.17. The van der Waals surface area contributed by atoms with Crippen LogP contribution in [0.3, 0.4) is 0 Å². The van der Waals surface area contributed by atoms with Gasteiger partial charge in [0.15, 0.2) is 0 Å². The Morgan fingerprint density at radius 2 is 1.93 bits per heavy atom. The van der Waals surface area contributed by atoms with Gasteiger partial charge in [-0.2, -0.15) is 0 Å². The molecule has 0 aromatic heterocycles. The van der Waals surface area contributed by atoms with Gasteiger partial charge in [-0.05, 0) is 53.9 Å². The summed E-state index contributed by atoms with van der Waals surface area (Å²) in [5, 5.41) is 0. The van der Waals surface area contributed by atoms with Gasteiger partial charge in [-0.15, -0.1) is 0 Å². The molecule has 1 aromatic carbocycles. The standard InChI is InChI=1S/C10H12BrF2N/c1-10(2,14)5-6-3-7(12)4-8(11)9(6)13/h3-4H,5,14H2,1-2H3. The lowest BCUT2D eigenvalue weighted by atomic mass is 9.96. The van der Waals surface area contributed by atoms with Gasteiger partial charge < -0.3 is 5.73 Å². The molecular formula is C10H12BrF2N. The van der Waals surface area contributed by atoms with E-state index in [0.717, 1.165) is 6.07 Å². The van der Waals surface area contributed by atoms with E-state index in [2.05, 4.69) is 15.9 Å². The van der Waals surface area contributed by atoms with Gasteiger partial charge >= 0.3 is 0 Å². The summed E-state index contributed by atoms with van der Waals surface area (Å²) in [6.07, 6.45) is 0.301. The highest BCUT2D eigenvalue weighted by molar-refractivity contribution is 9.10. The predicted molar refractivity (Wildman–Crippen MR) is 56.0 cm³/mol. The molecule has 4 heteroatoms. The second-order valence-electron chi connectivity index (χ2n) is 4.03. The van der Waals surface area contributed by atoms with E-state index < -0.39 is 17.2 Å². The van der Waals surface area contributed by atoms with Crippen LogP contribution in [0.4, 0.5) is 8.78 Å². The molecule has 0 aliphatic rings. The highest BCUT2D eigenvalue weighted by Crippen LogP contribution is 2.23. The molecule has 1 nitrogen and oxygen atoms in total. The van der Waals surface area contributed by atoms with Gasteiger partial charge in [-0.1, -0.05) is 0 Å². The molecule has 0 amide bonds. The first kappa shape index (κ1) is 11.6. The van der Waals surface area contributed by atoms with Crippen molar-refractivity contribution in [2.45, 2.75) is 25.8 Å². The molecule has 0 bridgehead atoms. The van der Waals surface area contributed by atoms with Crippen LogP contribution in [0.25, 0.3) is 0 Å². The molecule has 14 heavy (non-hydrogen) atoms. The van der Waals surface area contributed by atoms with Gasteiger partial charge in [-0.25, -0.2) is 8.78 Å². The topological polar surface area (TPSA) is 26.0 Å². The number of hydrogen-bond donors (Lipinski definition) is 1. The van der Waals surface area contributed by atoms with Crippen molar-refractivity contribution in [1.29, 1.82) is 0 Å². The summed E-state index contributed by atoms with van der Waals surface area (Å²) in [5.41, 5.74) is 5.48. The summed E-state index contributed by atoms with van der Waals surface area (Å²) in [4.78, 5) is 0. The van der Waals surface area contributed by atoms with Crippen LogP contribution in [0.5, 0.6) is 0 Å². The average Bonchev–Trinajstić information content (AvgIpc) is 1.96. The van der Waals surface area contributed by atoms with Crippen molar-refractivity contribution in [3.63, 3.8) is 0 Å². The Morgan fingerprint density at radius 1 is 1.36 bits per heavy atom. The van der Waals surface area contributed by atoms with Crippen LogP contribution in [0, 0.1) is 11.6 Å². The maximum atomic E-state index is 13.4. The Kier molecular flexibility index (Phi) is 3.27. The van der Waals surface area contributed by atoms with E-state index in [9.17, 15) is 8.78 Å². The lowest BCUT2D eigenvalue weighted by molar-refractivity contribution is 0.491. The molecule has 0 aliphatic heterocycles. The Balaban J connectivity index is 3.09. The lowest BCUT2D eigenvalue weighted by Gasteiger charge is -2.19. The van der Waals surface area contributed by atoms with Crippen LogP contribution in [0.15, 0.2) is 16.6 Å². The van der Waals surface area contributed by atoms with Crippen molar-refractivity contribution in [2.75, 3.05) is 0 Å². The molecule has 2 N–H and O–H groups in total. The van der Waals surface area contributed by atoms with Gasteiger partial charge in [0.25, 0.3) is 0 Å². The SMILES string of the molecule is CC(C)(N)Cc1cc(F)cc(Br)c1F. The fourth-order valence-electron chi connectivity index (χ4n) is 1.23.